The Morgan fingerprint density at radius 2 is 1.67 bits per heavy atom. The highest BCUT2D eigenvalue weighted by Gasteiger charge is 2.17. The van der Waals surface area contributed by atoms with Gasteiger partial charge in [-0.2, -0.15) is 0 Å². The van der Waals surface area contributed by atoms with Crippen LogP contribution in [0.1, 0.15) is 10.4 Å². The molecule has 0 saturated carbocycles. The van der Waals surface area contributed by atoms with Crippen LogP contribution >= 0.6 is 11.6 Å². The maximum absolute atomic E-state index is 12.5. The summed E-state index contributed by atoms with van der Waals surface area (Å²) >= 11 is 6.08. The van der Waals surface area contributed by atoms with Crippen molar-refractivity contribution in [2.24, 2.45) is 0 Å². The van der Waals surface area contributed by atoms with E-state index in [4.69, 9.17) is 11.6 Å². The average molecular weight is 408 g/mol. The standard InChI is InChI=1S/C19H22ClN3O3S/c1-22-9-11-23(12-10-22)15-5-3-14(4-6-15)21-19(24)17-13-16(27(2,25)26)7-8-18(17)20/h3-8,13H,9-12H2,1-2H3,(H,21,24). The molecular formula is C19H22ClN3O3S. The number of piperazine rings is 1. The van der Waals surface area contributed by atoms with Crippen LogP contribution in [0.3, 0.4) is 0 Å². The van der Waals surface area contributed by atoms with E-state index in [1.165, 1.54) is 18.2 Å². The summed E-state index contributed by atoms with van der Waals surface area (Å²) in [6, 6.07) is 11.7. The van der Waals surface area contributed by atoms with E-state index in [0.717, 1.165) is 38.1 Å². The van der Waals surface area contributed by atoms with Gasteiger partial charge < -0.3 is 15.1 Å². The second kappa shape index (κ2) is 7.88. The van der Waals surface area contributed by atoms with Crippen molar-refractivity contribution < 1.29 is 13.2 Å². The van der Waals surface area contributed by atoms with Crippen molar-refractivity contribution in [3.63, 3.8) is 0 Å². The molecule has 8 heteroatoms. The number of likely N-dealkylation sites (N-methyl/N-ethyl adjacent to an activating group) is 1. The van der Waals surface area contributed by atoms with Crippen molar-refractivity contribution in [1.29, 1.82) is 0 Å². The Hall–Kier alpha value is -2.09. The lowest BCUT2D eigenvalue weighted by Crippen LogP contribution is -2.44. The number of nitrogens with one attached hydrogen (secondary N) is 1. The molecule has 1 saturated heterocycles. The Balaban J connectivity index is 1.73. The van der Waals surface area contributed by atoms with E-state index in [0.29, 0.717) is 5.69 Å². The second-order valence-corrected chi connectivity index (χ2v) is 9.13. The predicted molar refractivity (Wildman–Crippen MR) is 109 cm³/mol. The van der Waals surface area contributed by atoms with Crippen LogP contribution < -0.4 is 10.2 Å². The van der Waals surface area contributed by atoms with E-state index in [2.05, 4.69) is 22.2 Å². The topological polar surface area (TPSA) is 69.7 Å². The number of carbonyl (C=O) groups excluding carboxylic acids is 1. The summed E-state index contributed by atoms with van der Waals surface area (Å²) in [6.07, 6.45) is 1.09. The molecule has 2 aromatic carbocycles. The third kappa shape index (κ3) is 4.80. The van der Waals surface area contributed by atoms with Gasteiger partial charge in [-0.15, -0.1) is 0 Å². The highest BCUT2D eigenvalue weighted by Crippen LogP contribution is 2.23. The number of carbonyl (C=O) groups is 1. The van der Waals surface area contributed by atoms with Gasteiger partial charge in [-0.25, -0.2) is 8.42 Å². The second-order valence-electron chi connectivity index (χ2n) is 6.71. The van der Waals surface area contributed by atoms with Crippen LogP contribution in [-0.4, -0.2) is 58.7 Å². The number of amides is 1. The van der Waals surface area contributed by atoms with Crippen LogP contribution in [0, 0.1) is 0 Å². The SMILES string of the molecule is CN1CCN(c2ccc(NC(=O)c3cc(S(C)(=O)=O)ccc3Cl)cc2)CC1. The van der Waals surface area contributed by atoms with E-state index in [9.17, 15) is 13.2 Å². The van der Waals surface area contributed by atoms with Gasteiger partial charge in [0.2, 0.25) is 0 Å². The molecule has 0 radical (unpaired) electrons. The summed E-state index contributed by atoms with van der Waals surface area (Å²) in [4.78, 5) is 17.2. The van der Waals surface area contributed by atoms with Crippen molar-refractivity contribution in [3.05, 3.63) is 53.1 Å². The van der Waals surface area contributed by atoms with Crippen molar-refractivity contribution in [2.45, 2.75) is 4.90 Å². The van der Waals surface area contributed by atoms with Crippen molar-refractivity contribution >= 4 is 38.7 Å². The molecule has 1 N–H and O–H groups in total. The summed E-state index contributed by atoms with van der Waals surface area (Å²) in [5.74, 6) is -0.446. The Morgan fingerprint density at radius 3 is 2.26 bits per heavy atom. The molecule has 6 nitrogen and oxygen atoms in total. The summed E-state index contributed by atoms with van der Waals surface area (Å²) in [6.45, 7) is 3.98. The van der Waals surface area contributed by atoms with Crippen LogP contribution in [0.5, 0.6) is 0 Å². The van der Waals surface area contributed by atoms with Gasteiger partial charge >= 0.3 is 0 Å². The molecular weight excluding hydrogens is 386 g/mol. The molecule has 0 atom stereocenters. The first-order valence-corrected chi connectivity index (χ1v) is 10.9. The minimum absolute atomic E-state index is 0.0578. The van der Waals surface area contributed by atoms with Gasteiger partial charge in [0.15, 0.2) is 9.84 Å². The third-order valence-corrected chi connectivity index (χ3v) is 6.04. The van der Waals surface area contributed by atoms with Gasteiger partial charge in [0, 0.05) is 43.8 Å². The third-order valence-electron chi connectivity index (χ3n) is 4.60. The minimum Gasteiger partial charge on any atom is -0.369 e. The Kier molecular flexibility index (Phi) is 5.74. The van der Waals surface area contributed by atoms with Gasteiger partial charge in [0.05, 0.1) is 15.5 Å². The average Bonchev–Trinajstić information content (AvgIpc) is 2.62. The Labute approximate surface area is 164 Å². The molecule has 1 aliphatic rings. The summed E-state index contributed by atoms with van der Waals surface area (Å²) in [7, 11) is -1.31. The molecule has 0 spiro atoms. The predicted octanol–water partition coefficient (Wildman–Crippen LogP) is 2.75. The number of hydrogen-bond donors (Lipinski definition) is 1. The van der Waals surface area contributed by atoms with Gasteiger partial charge in [-0.05, 0) is 49.5 Å². The highest BCUT2D eigenvalue weighted by molar-refractivity contribution is 7.90. The van der Waals surface area contributed by atoms with Crippen LogP contribution in [0.4, 0.5) is 11.4 Å². The molecule has 1 amide bonds. The lowest BCUT2D eigenvalue weighted by Gasteiger charge is -2.34. The molecule has 0 unspecified atom stereocenters. The smallest absolute Gasteiger partial charge is 0.257 e. The van der Waals surface area contributed by atoms with Crippen LogP contribution in [0.15, 0.2) is 47.4 Å². The van der Waals surface area contributed by atoms with Gasteiger partial charge in [0.1, 0.15) is 0 Å². The van der Waals surface area contributed by atoms with E-state index >= 15 is 0 Å². The fourth-order valence-corrected chi connectivity index (χ4v) is 3.78. The number of benzene rings is 2. The van der Waals surface area contributed by atoms with E-state index in [1.807, 2.05) is 24.3 Å². The van der Waals surface area contributed by atoms with E-state index in [1.54, 1.807) is 0 Å². The zero-order valence-corrected chi connectivity index (χ0v) is 16.8. The number of rotatable bonds is 4. The highest BCUT2D eigenvalue weighted by atomic mass is 35.5. The fraction of sp³-hybridized carbons (Fsp3) is 0.316. The zero-order valence-electron chi connectivity index (χ0n) is 15.3. The molecule has 1 fully saturated rings. The lowest BCUT2D eigenvalue weighted by molar-refractivity contribution is 0.102. The first-order chi connectivity index (χ1) is 12.7. The van der Waals surface area contributed by atoms with E-state index < -0.39 is 15.7 Å². The van der Waals surface area contributed by atoms with Crippen molar-refractivity contribution in [2.75, 3.05) is 49.7 Å². The lowest BCUT2D eigenvalue weighted by atomic mass is 10.2. The maximum Gasteiger partial charge on any atom is 0.257 e. The first kappa shape index (κ1) is 19.7. The molecule has 1 aliphatic heterocycles. The largest absolute Gasteiger partial charge is 0.369 e. The van der Waals surface area contributed by atoms with E-state index in [-0.39, 0.29) is 15.5 Å². The Morgan fingerprint density at radius 1 is 1.04 bits per heavy atom. The number of nitrogens with zero attached hydrogens (tertiary/aromatic N) is 2. The molecule has 0 aromatic heterocycles. The number of sulfone groups is 1. The van der Waals surface area contributed by atoms with Gasteiger partial charge in [-0.1, -0.05) is 11.6 Å². The quantitative estimate of drug-likeness (QED) is 0.843. The maximum atomic E-state index is 12.5. The monoisotopic (exact) mass is 407 g/mol. The van der Waals surface area contributed by atoms with Crippen LogP contribution in [-0.2, 0) is 9.84 Å². The van der Waals surface area contributed by atoms with Crippen molar-refractivity contribution in [3.8, 4) is 0 Å². The molecule has 27 heavy (non-hydrogen) atoms. The first-order valence-electron chi connectivity index (χ1n) is 8.58. The van der Waals surface area contributed by atoms with Gasteiger partial charge in [-0.3, -0.25) is 4.79 Å². The normalized spacial score (nSPS) is 15.6. The zero-order chi connectivity index (χ0) is 19.6. The summed E-state index contributed by atoms with van der Waals surface area (Å²) < 4.78 is 23.4. The summed E-state index contributed by atoms with van der Waals surface area (Å²) in [5.41, 5.74) is 1.86. The molecule has 144 valence electrons. The van der Waals surface area contributed by atoms with Crippen molar-refractivity contribution in [1.82, 2.24) is 4.90 Å². The summed E-state index contributed by atoms with van der Waals surface area (Å²) in [5, 5.41) is 2.97. The van der Waals surface area contributed by atoms with Crippen LogP contribution in [0.25, 0.3) is 0 Å². The Bertz CT molecular complexity index is 937. The van der Waals surface area contributed by atoms with Gasteiger partial charge in [0.25, 0.3) is 5.91 Å². The molecule has 2 aromatic rings. The molecule has 0 aliphatic carbocycles. The number of halogens is 1. The number of anilines is 2. The molecule has 1 heterocycles. The fourth-order valence-electron chi connectivity index (χ4n) is 2.93. The van der Waals surface area contributed by atoms with Crippen LogP contribution in [0.2, 0.25) is 5.02 Å². The minimum atomic E-state index is -3.42. The number of hydrogen-bond acceptors (Lipinski definition) is 5. The molecule has 3 rings (SSSR count). The molecule has 0 bridgehead atoms.